The van der Waals surface area contributed by atoms with Crippen molar-refractivity contribution in [1.29, 1.82) is 0 Å². The molecule has 248 valence electrons. The molecule has 47 heavy (non-hydrogen) atoms. The summed E-state index contributed by atoms with van der Waals surface area (Å²) in [5.74, 6) is -0.207. The number of H-pyrrole nitrogens is 1. The van der Waals surface area contributed by atoms with E-state index in [1.807, 2.05) is 55.5 Å². The minimum atomic E-state index is -1.51. The summed E-state index contributed by atoms with van der Waals surface area (Å²) in [6.45, 7) is 4.36. The zero-order valence-corrected chi connectivity index (χ0v) is 26.6. The topological polar surface area (TPSA) is 156 Å². The molecule has 0 unspecified atom stereocenters. The number of piperidine rings is 1. The van der Waals surface area contributed by atoms with E-state index < -0.39 is 23.4 Å². The van der Waals surface area contributed by atoms with Crippen molar-refractivity contribution >= 4 is 12.0 Å². The van der Waals surface area contributed by atoms with E-state index in [0.717, 1.165) is 36.3 Å². The van der Waals surface area contributed by atoms with Crippen LogP contribution < -0.4 is 10.6 Å². The van der Waals surface area contributed by atoms with Crippen LogP contribution in [0.5, 0.6) is 0 Å². The highest BCUT2D eigenvalue weighted by molar-refractivity contribution is 5.94. The van der Waals surface area contributed by atoms with Gasteiger partial charge in [0.25, 0.3) is 5.91 Å². The molecular weight excluding hydrogens is 601 g/mol. The number of hydrogen-bond acceptors (Lipinski definition) is 7. The predicted octanol–water partition coefficient (Wildman–Crippen LogP) is 4.82. The van der Waals surface area contributed by atoms with Crippen LogP contribution in [0.1, 0.15) is 65.0 Å². The molecule has 1 aliphatic heterocycles. The average molecular weight is 644 g/mol. The fourth-order valence-corrected chi connectivity index (χ4v) is 6.49. The average Bonchev–Trinajstić information content (AvgIpc) is 3.60. The molecule has 0 radical (unpaired) electrons. The van der Waals surface area contributed by atoms with E-state index in [9.17, 15) is 14.7 Å². The number of nitrogens with zero attached hydrogens (tertiary/aromatic N) is 4. The maximum absolute atomic E-state index is 15.6. The molecule has 3 aromatic carbocycles. The van der Waals surface area contributed by atoms with Crippen LogP contribution >= 0.6 is 0 Å². The van der Waals surface area contributed by atoms with Crippen LogP contribution in [-0.2, 0) is 18.6 Å². The Labute approximate surface area is 273 Å². The fraction of sp³-hybridized carbons (Fsp3) is 0.400. The Morgan fingerprint density at radius 1 is 1.09 bits per heavy atom. The van der Waals surface area contributed by atoms with E-state index in [1.54, 1.807) is 17.0 Å². The molecule has 1 fully saturated rings. The summed E-state index contributed by atoms with van der Waals surface area (Å²) in [7, 11) is 0. The van der Waals surface area contributed by atoms with Gasteiger partial charge in [-0.05, 0) is 90.9 Å². The molecule has 2 atom stereocenters. The number of carbonyl (C=O) groups is 2. The fourth-order valence-electron chi connectivity index (χ4n) is 6.49. The van der Waals surface area contributed by atoms with Crippen LogP contribution in [0.25, 0.3) is 11.1 Å². The molecule has 2 heterocycles. The SMILES string of the molecule is Cc1cccc(-c2c(F)cccc2[C@](O)(CCCNC(=O)O)[C@@H]2CCCN(C(=O)c3ccc(CNCCCc4nnn[nH]4)cc3)C2)c1. The number of amides is 2. The van der Waals surface area contributed by atoms with Crippen molar-refractivity contribution in [1.82, 2.24) is 36.2 Å². The van der Waals surface area contributed by atoms with Gasteiger partial charge in [0, 0.05) is 49.6 Å². The van der Waals surface area contributed by atoms with E-state index in [0.29, 0.717) is 54.6 Å². The number of aryl methyl sites for hydroxylation is 2. The van der Waals surface area contributed by atoms with Gasteiger partial charge in [0.1, 0.15) is 11.6 Å². The number of rotatable bonds is 14. The van der Waals surface area contributed by atoms with Crippen molar-refractivity contribution in [2.24, 2.45) is 5.92 Å². The first-order valence-corrected chi connectivity index (χ1v) is 16.1. The third kappa shape index (κ3) is 8.57. The van der Waals surface area contributed by atoms with Crippen molar-refractivity contribution in [3.05, 3.63) is 101 Å². The van der Waals surface area contributed by atoms with Gasteiger partial charge in [-0.2, -0.15) is 0 Å². The first-order valence-electron chi connectivity index (χ1n) is 16.1. The third-order valence-electron chi connectivity index (χ3n) is 8.87. The summed E-state index contributed by atoms with van der Waals surface area (Å²) in [4.78, 5) is 26.6. The van der Waals surface area contributed by atoms with Crippen LogP contribution in [-0.4, -0.2) is 73.9 Å². The molecule has 1 aromatic heterocycles. The number of aliphatic hydroxyl groups is 1. The molecule has 0 aliphatic carbocycles. The van der Waals surface area contributed by atoms with E-state index >= 15 is 4.39 Å². The number of likely N-dealkylation sites (tertiary alicyclic amines) is 1. The van der Waals surface area contributed by atoms with Crippen LogP contribution in [0.3, 0.4) is 0 Å². The highest BCUT2D eigenvalue weighted by atomic mass is 19.1. The Hall–Kier alpha value is -4.68. The minimum Gasteiger partial charge on any atom is -0.465 e. The van der Waals surface area contributed by atoms with Gasteiger partial charge in [-0.25, -0.2) is 14.3 Å². The Morgan fingerprint density at radius 2 is 1.89 bits per heavy atom. The van der Waals surface area contributed by atoms with Gasteiger partial charge in [-0.1, -0.05) is 54.1 Å². The van der Waals surface area contributed by atoms with Gasteiger partial charge < -0.3 is 25.7 Å². The van der Waals surface area contributed by atoms with E-state index in [2.05, 4.69) is 31.3 Å². The maximum Gasteiger partial charge on any atom is 0.404 e. The first kappa shape index (κ1) is 33.7. The molecule has 1 aliphatic rings. The number of hydrogen-bond donors (Lipinski definition) is 5. The smallest absolute Gasteiger partial charge is 0.404 e. The molecule has 12 heteroatoms. The zero-order valence-electron chi connectivity index (χ0n) is 26.6. The Bertz CT molecular complexity index is 1630. The highest BCUT2D eigenvalue weighted by Crippen LogP contribution is 2.44. The van der Waals surface area contributed by atoms with E-state index in [-0.39, 0.29) is 25.4 Å². The Balaban J connectivity index is 1.31. The molecular formula is C35H42FN7O4. The summed E-state index contributed by atoms with van der Waals surface area (Å²) >= 11 is 0. The van der Waals surface area contributed by atoms with Crippen molar-refractivity contribution in [3.63, 3.8) is 0 Å². The van der Waals surface area contributed by atoms with Gasteiger partial charge >= 0.3 is 6.09 Å². The number of benzene rings is 3. The van der Waals surface area contributed by atoms with Crippen molar-refractivity contribution < 1.29 is 24.2 Å². The molecule has 2 amide bonds. The second-order valence-electron chi connectivity index (χ2n) is 12.2. The summed E-state index contributed by atoms with van der Waals surface area (Å²) in [6.07, 6.45) is 2.33. The molecule has 4 aromatic rings. The van der Waals surface area contributed by atoms with Crippen molar-refractivity contribution in [3.8, 4) is 11.1 Å². The third-order valence-corrected chi connectivity index (χ3v) is 8.87. The maximum atomic E-state index is 15.6. The summed E-state index contributed by atoms with van der Waals surface area (Å²) in [5.41, 5.74) is 2.50. The van der Waals surface area contributed by atoms with Gasteiger partial charge in [0.05, 0.1) is 5.60 Å². The normalized spacial score (nSPS) is 16.1. The lowest BCUT2D eigenvalue weighted by molar-refractivity contribution is -0.0564. The molecule has 11 nitrogen and oxygen atoms in total. The van der Waals surface area contributed by atoms with Crippen LogP contribution in [0, 0.1) is 18.7 Å². The number of halogens is 1. The molecule has 0 bridgehead atoms. The van der Waals surface area contributed by atoms with Crippen molar-refractivity contribution in [2.45, 2.75) is 57.6 Å². The summed E-state index contributed by atoms with van der Waals surface area (Å²) in [6, 6.07) is 19.8. The number of nitrogens with one attached hydrogen (secondary N) is 3. The molecule has 5 rings (SSSR count). The molecule has 5 N–H and O–H groups in total. The standard InChI is InChI=1S/C35H42FN7O4/c1-24-7-2-8-27(21-24)32-29(10-3-11-30(32)36)35(47,17-6-19-38-34(45)46)28-9-5-20-43(23-28)33(44)26-15-13-25(14-16-26)22-37-18-4-12-31-39-41-42-40-31/h2-3,7-8,10-11,13-16,21,28,37-38,47H,4-6,9,12,17-20,22-23H2,1H3,(H,45,46)(H,39,40,41,42)/t28-,35+/m1/s1. The largest absolute Gasteiger partial charge is 0.465 e. The van der Waals surface area contributed by atoms with Crippen LogP contribution in [0.15, 0.2) is 66.7 Å². The quantitative estimate of drug-likeness (QED) is 0.122. The zero-order chi connectivity index (χ0) is 33.2. The lowest BCUT2D eigenvalue weighted by atomic mass is 9.72. The summed E-state index contributed by atoms with van der Waals surface area (Å²) in [5, 5.41) is 41.2. The number of carboxylic acid groups (broad SMARTS) is 1. The Kier molecular flexibility index (Phi) is 11.3. The number of carbonyl (C=O) groups excluding carboxylic acids is 1. The van der Waals surface area contributed by atoms with Crippen LogP contribution in [0.4, 0.5) is 9.18 Å². The summed E-state index contributed by atoms with van der Waals surface area (Å²) < 4.78 is 15.6. The second kappa shape index (κ2) is 15.7. The van der Waals surface area contributed by atoms with Gasteiger partial charge in [0.15, 0.2) is 0 Å². The van der Waals surface area contributed by atoms with E-state index in [4.69, 9.17) is 5.11 Å². The van der Waals surface area contributed by atoms with E-state index in [1.165, 1.54) is 6.07 Å². The Morgan fingerprint density at radius 3 is 2.64 bits per heavy atom. The van der Waals surface area contributed by atoms with Gasteiger partial charge in [-0.15, -0.1) is 5.10 Å². The minimum absolute atomic E-state index is 0.122. The lowest BCUT2D eigenvalue weighted by Crippen LogP contribution is -2.48. The highest BCUT2D eigenvalue weighted by Gasteiger charge is 2.43. The number of tetrazole rings is 1. The van der Waals surface area contributed by atoms with Gasteiger partial charge in [-0.3, -0.25) is 4.79 Å². The second-order valence-corrected chi connectivity index (χ2v) is 12.2. The molecule has 0 spiro atoms. The lowest BCUT2D eigenvalue weighted by Gasteiger charge is -2.43. The van der Waals surface area contributed by atoms with Crippen molar-refractivity contribution in [2.75, 3.05) is 26.2 Å². The molecule has 1 saturated heterocycles. The number of aromatic amines is 1. The predicted molar refractivity (Wildman–Crippen MR) is 175 cm³/mol. The van der Waals surface area contributed by atoms with Crippen LogP contribution in [0.2, 0.25) is 0 Å². The monoisotopic (exact) mass is 643 g/mol. The molecule has 0 saturated carbocycles. The number of aromatic nitrogens is 4. The first-order chi connectivity index (χ1) is 22.7. The van der Waals surface area contributed by atoms with Gasteiger partial charge in [0.2, 0.25) is 0 Å².